The summed E-state index contributed by atoms with van der Waals surface area (Å²) in [6.45, 7) is -0.725. The summed E-state index contributed by atoms with van der Waals surface area (Å²) in [5.41, 5.74) is 0. The Balaban J connectivity index is 4.07. The molecule has 0 spiro atoms. The second-order valence-corrected chi connectivity index (χ2v) is 5.08. The molecule has 0 rings (SSSR count). The van der Waals surface area contributed by atoms with Gasteiger partial charge in [-0.15, -0.1) is 0 Å². The first-order chi connectivity index (χ1) is 5.54. The van der Waals surface area contributed by atoms with Gasteiger partial charge in [-0.3, -0.25) is 0 Å². The molecule has 0 aromatic carbocycles. The fourth-order valence-corrected chi connectivity index (χ4v) is 1.73. The third kappa shape index (κ3) is 3.46. The minimum atomic E-state index is -2.50. The third-order valence-electron chi connectivity index (χ3n) is 1.42. The second-order valence-electron chi connectivity index (χ2n) is 2.36. The van der Waals surface area contributed by atoms with E-state index in [0.29, 0.717) is 0 Å². The Hall–Kier alpha value is 0.470. The van der Waals surface area contributed by atoms with Crippen molar-refractivity contribution in [3.05, 3.63) is 0 Å². The number of hydrogen-bond acceptors (Lipinski definition) is 6. The fourth-order valence-electron chi connectivity index (χ4n) is 0.618. The summed E-state index contributed by atoms with van der Waals surface area (Å²) < 4.78 is 8.76. The van der Waals surface area contributed by atoms with Crippen molar-refractivity contribution in [1.29, 1.82) is 0 Å². The molecule has 70 valence electrons. The van der Waals surface area contributed by atoms with E-state index < -0.39 is 51.7 Å². The number of aliphatic hydroxyl groups excluding tert-OH is 5. The maximum atomic E-state index is 10.2. The van der Waals surface area contributed by atoms with Gasteiger partial charge in [-0.25, -0.2) is 0 Å². The Kier molecular flexibility index (Phi) is 6.24. The Morgan fingerprint density at radius 3 is 1.92 bits per heavy atom. The normalized spacial score (nSPS) is 20.8. The molecule has 0 aliphatic rings. The van der Waals surface area contributed by atoms with Gasteiger partial charge in [0.1, 0.15) is 0 Å². The standard InChI is InChI=1S/C5H11O5.In.O/c6-1-3(8)5(10)4(9)2-7;;/h1,3-10H,2H2;;/t3-,4-,5-;;/m1../s1. The topological polar surface area (TPSA) is 118 Å². The molecule has 0 unspecified atom stereocenters. The predicted molar refractivity (Wildman–Crippen MR) is 37.6 cm³/mol. The van der Waals surface area contributed by atoms with Crippen LogP contribution in [0.3, 0.4) is 0 Å². The van der Waals surface area contributed by atoms with Gasteiger partial charge < -0.3 is 0 Å². The van der Waals surface area contributed by atoms with Crippen molar-refractivity contribution >= 4 is 22.9 Å². The average Bonchev–Trinajstić information content (AvgIpc) is 2.12. The van der Waals surface area contributed by atoms with Gasteiger partial charge in [-0.2, -0.15) is 0 Å². The van der Waals surface area contributed by atoms with Gasteiger partial charge in [0.15, 0.2) is 0 Å². The molecule has 0 bridgehead atoms. The van der Waals surface area contributed by atoms with Gasteiger partial charge in [0.2, 0.25) is 0 Å². The number of rotatable bonds is 5. The summed E-state index contributed by atoms with van der Waals surface area (Å²) in [6, 6.07) is 0. The van der Waals surface area contributed by atoms with Crippen LogP contribution in [0, 0.1) is 0 Å². The zero-order valence-corrected chi connectivity index (χ0v) is 9.53. The molecule has 0 radical (unpaired) electrons. The van der Waals surface area contributed by atoms with E-state index >= 15 is 0 Å². The molecule has 6 nitrogen and oxygen atoms in total. The van der Waals surface area contributed by atoms with Crippen molar-refractivity contribution in [2.45, 2.75) is 22.2 Å². The van der Waals surface area contributed by atoms with Crippen LogP contribution in [0.4, 0.5) is 0 Å². The Labute approximate surface area is 80.3 Å². The molecule has 0 amide bonds. The van der Waals surface area contributed by atoms with E-state index in [1.54, 1.807) is 0 Å². The summed E-state index contributed by atoms with van der Waals surface area (Å²) in [5, 5.41) is 43.9. The maximum absolute atomic E-state index is 10.2. The van der Waals surface area contributed by atoms with Gasteiger partial charge in [0.25, 0.3) is 0 Å². The summed E-state index contributed by atoms with van der Waals surface area (Å²) in [6.07, 6.45) is -4.83. The molecule has 0 saturated carbocycles. The van der Waals surface area contributed by atoms with Gasteiger partial charge in [0, 0.05) is 0 Å². The van der Waals surface area contributed by atoms with Crippen LogP contribution in [0.2, 0.25) is 0 Å². The van der Waals surface area contributed by atoms with Gasteiger partial charge in [0.05, 0.1) is 0 Å². The Morgan fingerprint density at radius 2 is 1.58 bits per heavy atom. The minimum absolute atomic E-state index is 0.725. The molecule has 0 aromatic heterocycles. The van der Waals surface area contributed by atoms with Crippen molar-refractivity contribution in [1.82, 2.24) is 0 Å². The summed E-state index contributed by atoms with van der Waals surface area (Å²) in [7, 11) is 0. The average molecular weight is 282 g/mol. The summed E-state index contributed by atoms with van der Waals surface area (Å²) in [4.78, 5) is 0. The SMILES string of the molecule is [O]=[In][C@@H](O)[C@@H](O)[C@@H](O)[C@H](O)CO. The molecular weight excluding hydrogens is 271 g/mol. The van der Waals surface area contributed by atoms with Crippen LogP contribution < -0.4 is 0 Å². The fraction of sp³-hybridized carbons (Fsp3) is 1.00. The van der Waals surface area contributed by atoms with E-state index in [0.717, 1.165) is 0 Å². The zero-order valence-electron chi connectivity index (χ0n) is 6.24. The molecule has 0 aliphatic carbocycles. The van der Waals surface area contributed by atoms with E-state index in [-0.39, 0.29) is 0 Å². The monoisotopic (exact) mass is 282 g/mol. The van der Waals surface area contributed by atoms with Crippen LogP contribution in [0.25, 0.3) is 0 Å². The van der Waals surface area contributed by atoms with Crippen molar-refractivity contribution in [3.63, 3.8) is 0 Å². The van der Waals surface area contributed by atoms with E-state index in [2.05, 4.69) is 0 Å². The molecule has 4 atom stereocenters. The van der Waals surface area contributed by atoms with Gasteiger partial charge in [-0.1, -0.05) is 0 Å². The molecule has 7 heteroatoms. The zero-order chi connectivity index (χ0) is 9.72. The first-order valence-electron chi connectivity index (χ1n) is 3.33. The molecule has 0 heterocycles. The van der Waals surface area contributed by atoms with Gasteiger partial charge >= 0.3 is 80.1 Å². The van der Waals surface area contributed by atoms with Crippen LogP contribution in [-0.4, -0.2) is 77.2 Å². The summed E-state index contributed by atoms with van der Waals surface area (Å²) >= 11 is -2.50. The van der Waals surface area contributed by atoms with Crippen LogP contribution in [0.5, 0.6) is 0 Å². The van der Waals surface area contributed by atoms with E-state index in [1.165, 1.54) is 0 Å². The number of aliphatic hydroxyl groups is 5. The second kappa shape index (κ2) is 6.01. The summed E-state index contributed by atoms with van der Waals surface area (Å²) in [5.74, 6) is 0. The number of hydrogen-bond donors (Lipinski definition) is 5. The van der Waals surface area contributed by atoms with E-state index in [1.807, 2.05) is 0 Å². The van der Waals surface area contributed by atoms with E-state index in [9.17, 15) is 2.85 Å². The molecular formula is C5H11InO6. The molecule has 0 fully saturated rings. The van der Waals surface area contributed by atoms with Crippen molar-refractivity contribution < 1.29 is 28.4 Å². The van der Waals surface area contributed by atoms with Crippen LogP contribution in [0.1, 0.15) is 0 Å². The van der Waals surface area contributed by atoms with Crippen LogP contribution >= 0.6 is 0 Å². The van der Waals surface area contributed by atoms with Gasteiger partial charge in [-0.05, 0) is 0 Å². The molecule has 0 saturated heterocycles. The third-order valence-corrected chi connectivity index (χ3v) is 3.34. The van der Waals surface area contributed by atoms with Crippen molar-refractivity contribution in [3.8, 4) is 0 Å². The van der Waals surface area contributed by atoms with Crippen molar-refractivity contribution in [2.75, 3.05) is 6.61 Å². The van der Waals surface area contributed by atoms with Crippen LogP contribution in [-0.2, 0) is 2.85 Å². The van der Waals surface area contributed by atoms with E-state index in [4.69, 9.17) is 25.5 Å². The van der Waals surface area contributed by atoms with Crippen molar-refractivity contribution in [2.24, 2.45) is 0 Å². The van der Waals surface area contributed by atoms with Crippen LogP contribution in [0.15, 0.2) is 0 Å². The Morgan fingerprint density at radius 1 is 1.08 bits per heavy atom. The molecule has 0 aromatic rings. The first-order valence-corrected chi connectivity index (χ1v) is 6.57. The molecule has 5 N–H and O–H groups in total. The Bertz CT molecular complexity index is 142. The predicted octanol–water partition coefficient (Wildman–Crippen LogP) is -3.57. The molecule has 0 aliphatic heterocycles. The molecule has 12 heavy (non-hydrogen) atoms. The quantitative estimate of drug-likeness (QED) is 0.356. The first kappa shape index (κ1) is 12.5.